The molecule has 0 radical (unpaired) electrons. The van der Waals surface area contributed by atoms with E-state index in [-0.39, 0.29) is 5.48 Å². The van der Waals surface area contributed by atoms with Gasteiger partial charge in [0.2, 0.25) is 5.48 Å². The van der Waals surface area contributed by atoms with Gasteiger partial charge >= 0.3 is 0 Å². The predicted octanol–water partition coefficient (Wildman–Crippen LogP) is -1.73. The summed E-state index contributed by atoms with van der Waals surface area (Å²) in [6.45, 7) is 0. The third kappa shape index (κ3) is 0.835. The summed E-state index contributed by atoms with van der Waals surface area (Å²) in [5, 5.41) is 0.587. The summed E-state index contributed by atoms with van der Waals surface area (Å²) < 4.78 is 0. The molecular formula is C6H2N4O. The van der Waals surface area contributed by atoms with Crippen LogP contribution in [-0.4, -0.2) is 22.2 Å². The molecule has 52 valence electrons. The fourth-order valence-corrected chi connectivity index (χ4v) is 0.747. The lowest BCUT2D eigenvalue weighted by molar-refractivity contribution is 0.565. The highest BCUT2D eigenvalue weighted by Crippen LogP contribution is 1.96. The topological polar surface area (TPSA) is 67.6 Å². The monoisotopic (exact) mass is 146 g/mol. The van der Waals surface area contributed by atoms with Crippen LogP contribution in [-0.2, 0) is 4.79 Å². The maximum Gasteiger partial charge on any atom is 0.240 e. The van der Waals surface area contributed by atoms with E-state index in [4.69, 9.17) is 0 Å². The standard InChI is InChI=1S/C6H2N4O/c11-2-5-7-1-4-6(10-5)9-3-8-4/h1,3H. The molecule has 0 fully saturated rings. The van der Waals surface area contributed by atoms with Crippen molar-refractivity contribution >= 4 is 18.1 Å². The molecule has 0 N–H and O–H groups in total. The van der Waals surface area contributed by atoms with Gasteiger partial charge < -0.3 is 0 Å². The first-order valence-corrected chi connectivity index (χ1v) is 2.89. The minimum Gasteiger partial charge on any atom is -0.231 e. The van der Waals surface area contributed by atoms with E-state index < -0.39 is 0 Å². The quantitative estimate of drug-likeness (QED) is 0.437. The van der Waals surface area contributed by atoms with Crippen molar-refractivity contribution in [3.05, 3.63) is 17.0 Å². The largest absolute Gasteiger partial charge is 0.240 e. The van der Waals surface area contributed by atoms with E-state index in [9.17, 15) is 4.79 Å². The van der Waals surface area contributed by atoms with Crippen molar-refractivity contribution in [2.24, 2.45) is 9.98 Å². The Hall–Kier alpha value is -1.87. The minimum absolute atomic E-state index is 0.0120. The lowest BCUT2D eigenvalue weighted by Gasteiger charge is -1.83. The van der Waals surface area contributed by atoms with E-state index in [2.05, 4.69) is 20.0 Å². The summed E-state index contributed by atoms with van der Waals surface area (Å²) in [7, 11) is 0. The van der Waals surface area contributed by atoms with Gasteiger partial charge in [0.05, 0.1) is 6.20 Å². The number of aromatic nitrogens is 2. The molecule has 0 aliphatic carbocycles. The summed E-state index contributed by atoms with van der Waals surface area (Å²) in [5.74, 6) is 2.00. The predicted molar refractivity (Wildman–Crippen MR) is 35.8 cm³/mol. The number of hydrogen-bond acceptors (Lipinski definition) is 5. The van der Waals surface area contributed by atoms with Crippen molar-refractivity contribution < 1.29 is 4.79 Å². The average molecular weight is 146 g/mol. The highest BCUT2D eigenvalue weighted by atomic mass is 16.1. The molecule has 1 aliphatic rings. The van der Waals surface area contributed by atoms with E-state index in [1.54, 1.807) is 5.94 Å². The van der Waals surface area contributed by atoms with Crippen LogP contribution >= 0.6 is 0 Å². The zero-order chi connectivity index (χ0) is 7.68. The Kier molecular flexibility index (Phi) is 1.11. The molecule has 5 nitrogen and oxygen atoms in total. The summed E-state index contributed by atoms with van der Waals surface area (Å²) in [6.07, 6.45) is 2.81. The van der Waals surface area contributed by atoms with Crippen molar-refractivity contribution in [1.29, 1.82) is 0 Å². The van der Waals surface area contributed by atoms with Crippen LogP contribution in [0.1, 0.15) is 0 Å². The molecule has 0 saturated heterocycles. The fourth-order valence-electron chi connectivity index (χ4n) is 0.747. The van der Waals surface area contributed by atoms with Gasteiger partial charge in [0, 0.05) is 0 Å². The molecule has 2 rings (SSSR count). The van der Waals surface area contributed by atoms with Crippen LogP contribution in [0, 0.1) is 0 Å². The second-order valence-electron chi connectivity index (χ2n) is 1.88. The zero-order valence-electron chi connectivity index (χ0n) is 5.35. The van der Waals surface area contributed by atoms with Gasteiger partial charge in [-0.2, -0.15) is 4.98 Å². The molecule has 0 amide bonds. The van der Waals surface area contributed by atoms with E-state index in [1.165, 1.54) is 12.5 Å². The molecule has 11 heavy (non-hydrogen) atoms. The maximum atomic E-state index is 10.1. The molecule has 0 aromatic carbocycles. The van der Waals surface area contributed by atoms with Gasteiger partial charge in [-0.1, -0.05) is 0 Å². The molecule has 0 unspecified atom stereocenters. The molecule has 5 heteroatoms. The fraction of sp³-hybridized carbons (Fsp3) is 0. The molecule has 1 aliphatic heterocycles. The molecule has 1 aromatic heterocycles. The van der Waals surface area contributed by atoms with E-state index >= 15 is 0 Å². The van der Waals surface area contributed by atoms with Crippen LogP contribution in [0.3, 0.4) is 0 Å². The van der Waals surface area contributed by atoms with Gasteiger partial charge in [-0.25, -0.2) is 19.8 Å². The van der Waals surface area contributed by atoms with Crippen LogP contribution in [0.25, 0.3) is 0 Å². The van der Waals surface area contributed by atoms with Crippen LogP contribution in [0.5, 0.6) is 0 Å². The Morgan fingerprint density at radius 2 is 2.36 bits per heavy atom. The minimum atomic E-state index is 0.0120. The number of nitrogens with zero attached hydrogens (tertiary/aromatic N) is 4. The van der Waals surface area contributed by atoms with E-state index in [0.717, 1.165) is 0 Å². The van der Waals surface area contributed by atoms with Crippen molar-refractivity contribution in [3.63, 3.8) is 0 Å². The lowest BCUT2D eigenvalue weighted by Crippen LogP contribution is -2.18. The summed E-state index contributed by atoms with van der Waals surface area (Å²) >= 11 is 0. The first-order valence-electron chi connectivity index (χ1n) is 2.89. The number of fused-ring (bicyclic) bond motifs is 1. The van der Waals surface area contributed by atoms with Crippen molar-refractivity contribution in [3.8, 4) is 0 Å². The normalized spacial score (nSPS) is 12.0. The van der Waals surface area contributed by atoms with Crippen LogP contribution in [0.15, 0.2) is 16.2 Å². The molecular weight excluding hydrogens is 144 g/mol. The van der Waals surface area contributed by atoms with Gasteiger partial charge in [0.1, 0.15) is 11.7 Å². The molecule has 2 heterocycles. The van der Waals surface area contributed by atoms with Gasteiger partial charge in [-0.05, 0) is 0 Å². The highest BCUT2D eigenvalue weighted by molar-refractivity contribution is 5.64. The first-order chi connectivity index (χ1) is 5.40. The van der Waals surface area contributed by atoms with Gasteiger partial charge in [0.25, 0.3) is 0 Å². The van der Waals surface area contributed by atoms with Crippen LogP contribution < -0.4 is 10.8 Å². The molecule has 1 aromatic rings. The number of aliphatic imine (C=N–C) groups is 1. The van der Waals surface area contributed by atoms with Crippen molar-refractivity contribution in [1.82, 2.24) is 9.97 Å². The van der Waals surface area contributed by atoms with E-state index in [0.29, 0.717) is 11.2 Å². The summed E-state index contributed by atoms with van der Waals surface area (Å²) in [4.78, 5) is 25.1. The van der Waals surface area contributed by atoms with Crippen molar-refractivity contribution in [2.45, 2.75) is 0 Å². The maximum absolute atomic E-state index is 10.1. The Balaban J connectivity index is 2.89. The van der Waals surface area contributed by atoms with Crippen LogP contribution in [0.2, 0.25) is 0 Å². The molecule has 0 saturated carbocycles. The molecule has 0 spiro atoms. The number of rotatable bonds is 0. The highest BCUT2D eigenvalue weighted by Gasteiger charge is 1.99. The lowest BCUT2D eigenvalue weighted by atomic mass is 10.5. The summed E-state index contributed by atoms with van der Waals surface area (Å²) in [5.41, 5.74) is 0.0120. The number of hydrogen-bond donors (Lipinski definition) is 0. The average Bonchev–Trinajstić information content (AvgIpc) is 2.50. The second-order valence-corrected chi connectivity index (χ2v) is 1.88. The van der Waals surface area contributed by atoms with E-state index in [1.807, 2.05) is 0 Å². The molecule has 0 bridgehead atoms. The third-order valence-corrected chi connectivity index (χ3v) is 1.22. The van der Waals surface area contributed by atoms with Crippen LogP contribution in [0.4, 0.5) is 5.82 Å². The van der Waals surface area contributed by atoms with Gasteiger partial charge in [-0.15, -0.1) is 0 Å². The third-order valence-electron chi connectivity index (χ3n) is 1.22. The van der Waals surface area contributed by atoms with Gasteiger partial charge in [-0.3, -0.25) is 0 Å². The Morgan fingerprint density at radius 1 is 1.45 bits per heavy atom. The number of carbonyl (C=O) groups excluding carboxylic acids is 1. The Bertz CT molecular complexity index is 458. The smallest absolute Gasteiger partial charge is 0.231 e. The Labute approximate surface area is 60.9 Å². The summed E-state index contributed by atoms with van der Waals surface area (Å²) in [6, 6.07) is 0. The Morgan fingerprint density at radius 3 is 3.18 bits per heavy atom. The van der Waals surface area contributed by atoms with Gasteiger partial charge in [0.15, 0.2) is 11.8 Å². The van der Waals surface area contributed by atoms with Crippen molar-refractivity contribution in [2.75, 3.05) is 0 Å². The molecule has 0 atom stereocenters. The first kappa shape index (κ1) is 5.88. The zero-order valence-corrected chi connectivity index (χ0v) is 5.35. The second kappa shape index (κ2) is 2.07. The SMILES string of the molecule is O=C=c1ncc2c(n1)N=CN=2.